The van der Waals surface area contributed by atoms with Crippen LogP contribution in [0.4, 0.5) is 4.39 Å². The maximum absolute atomic E-state index is 13.4. The van der Waals surface area contributed by atoms with Gasteiger partial charge in [0.25, 0.3) is 0 Å². The zero-order valence-corrected chi connectivity index (χ0v) is 12.9. The molecular formula is C17H13Cl2FO. The number of aryl methyl sites for hydroxylation is 1. The molecule has 0 saturated heterocycles. The van der Waals surface area contributed by atoms with E-state index in [0.717, 1.165) is 11.1 Å². The molecule has 0 aliphatic heterocycles. The van der Waals surface area contributed by atoms with Crippen molar-refractivity contribution in [3.8, 4) is 17.6 Å². The van der Waals surface area contributed by atoms with E-state index in [9.17, 15) is 4.39 Å². The Morgan fingerprint density at radius 1 is 1.19 bits per heavy atom. The van der Waals surface area contributed by atoms with Crippen LogP contribution in [0.3, 0.4) is 0 Å². The van der Waals surface area contributed by atoms with Gasteiger partial charge in [-0.1, -0.05) is 35.6 Å². The van der Waals surface area contributed by atoms with Gasteiger partial charge in [-0.3, -0.25) is 0 Å². The number of alkyl halides is 1. The summed E-state index contributed by atoms with van der Waals surface area (Å²) in [7, 11) is 0. The molecule has 0 bridgehead atoms. The molecule has 0 saturated carbocycles. The fourth-order valence-corrected chi connectivity index (χ4v) is 1.97. The minimum atomic E-state index is -0.455. The van der Waals surface area contributed by atoms with Crippen molar-refractivity contribution < 1.29 is 9.13 Å². The number of halogens is 3. The van der Waals surface area contributed by atoms with Gasteiger partial charge in [0, 0.05) is 0 Å². The van der Waals surface area contributed by atoms with Crippen LogP contribution in [-0.2, 0) is 6.61 Å². The average molecular weight is 323 g/mol. The summed E-state index contributed by atoms with van der Waals surface area (Å²) in [6, 6.07) is 10.3. The lowest BCUT2D eigenvalue weighted by molar-refractivity contribution is 0.304. The molecule has 0 aliphatic carbocycles. The molecule has 21 heavy (non-hydrogen) atoms. The smallest absolute Gasteiger partial charge is 0.142 e. The maximum Gasteiger partial charge on any atom is 0.142 e. The Labute approximate surface area is 133 Å². The van der Waals surface area contributed by atoms with Crippen LogP contribution < -0.4 is 4.74 Å². The van der Waals surface area contributed by atoms with Gasteiger partial charge in [-0.05, 0) is 42.3 Å². The number of hydrogen-bond donors (Lipinski definition) is 0. The lowest BCUT2D eigenvalue weighted by Gasteiger charge is -2.09. The summed E-state index contributed by atoms with van der Waals surface area (Å²) in [5, 5.41) is 0.0998. The van der Waals surface area contributed by atoms with Gasteiger partial charge in [0.1, 0.15) is 18.2 Å². The van der Waals surface area contributed by atoms with Gasteiger partial charge in [-0.2, -0.15) is 0 Å². The zero-order valence-electron chi connectivity index (χ0n) is 11.4. The molecule has 0 radical (unpaired) electrons. The minimum absolute atomic E-state index is 0.0998. The topological polar surface area (TPSA) is 9.23 Å². The third kappa shape index (κ3) is 4.39. The first kappa shape index (κ1) is 15.7. The largest absolute Gasteiger partial charge is 0.488 e. The van der Waals surface area contributed by atoms with Gasteiger partial charge in [-0.15, -0.1) is 11.6 Å². The lowest BCUT2D eigenvalue weighted by Crippen LogP contribution is -1.98. The van der Waals surface area contributed by atoms with Crippen molar-refractivity contribution in [3.63, 3.8) is 0 Å². The van der Waals surface area contributed by atoms with Crippen LogP contribution in [0, 0.1) is 24.6 Å². The Morgan fingerprint density at radius 2 is 2.00 bits per heavy atom. The molecule has 0 spiro atoms. The molecule has 1 nitrogen and oxygen atoms in total. The SMILES string of the molecule is Cc1ccc(OCc2ccc(Cl)c(F)c2)c(C#CCCl)c1. The van der Waals surface area contributed by atoms with Gasteiger partial charge < -0.3 is 4.74 Å². The van der Waals surface area contributed by atoms with Crippen LogP contribution in [0.5, 0.6) is 5.75 Å². The van der Waals surface area contributed by atoms with Crippen molar-refractivity contribution >= 4 is 23.2 Å². The zero-order chi connectivity index (χ0) is 15.2. The number of rotatable bonds is 3. The predicted octanol–water partition coefficient (Wildman–Crippen LogP) is 4.96. The fraction of sp³-hybridized carbons (Fsp3) is 0.176. The first-order chi connectivity index (χ1) is 10.1. The molecule has 0 amide bonds. The second-order valence-corrected chi connectivity index (χ2v) is 5.15. The standard InChI is InChI=1S/C17H13Cl2FO/c1-12-4-7-17(14(9-12)3-2-8-18)21-11-13-5-6-15(19)16(20)10-13/h4-7,9-10H,8,11H2,1H3. The quantitative estimate of drug-likeness (QED) is 0.573. The van der Waals surface area contributed by atoms with E-state index in [2.05, 4.69) is 11.8 Å². The molecular weight excluding hydrogens is 310 g/mol. The monoisotopic (exact) mass is 322 g/mol. The van der Waals surface area contributed by atoms with Crippen molar-refractivity contribution in [2.24, 2.45) is 0 Å². The second kappa shape index (κ2) is 7.36. The number of benzene rings is 2. The van der Waals surface area contributed by atoms with E-state index in [1.165, 1.54) is 12.1 Å². The summed E-state index contributed by atoms with van der Waals surface area (Å²) in [4.78, 5) is 0. The van der Waals surface area contributed by atoms with E-state index < -0.39 is 5.82 Å². The van der Waals surface area contributed by atoms with E-state index in [-0.39, 0.29) is 17.5 Å². The highest BCUT2D eigenvalue weighted by atomic mass is 35.5. The Bertz CT molecular complexity index is 702. The normalized spacial score (nSPS) is 9.90. The maximum atomic E-state index is 13.4. The van der Waals surface area contributed by atoms with Crippen molar-refractivity contribution in [3.05, 3.63) is 63.9 Å². The molecule has 0 aliphatic rings. The predicted molar refractivity (Wildman–Crippen MR) is 84.5 cm³/mol. The van der Waals surface area contributed by atoms with E-state index in [1.54, 1.807) is 6.07 Å². The summed E-state index contributed by atoms with van der Waals surface area (Å²) in [5.41, 5.74) is 2.55. The van der Waals surface area contributed by atoms with E-state index >= 15 is 0 Å². The van der Waals surface area contributed by atoms with Crippen LogP contribution in [0.2, 0.25) is 5.02 Å². The van der Waals surface area contributed by atoms with Gasteiger partial charge in [0.15, 0.2) is 0 Å². The molecule has 0 fully saturated rings. The third-order valence-electron chi connectivity index (χ3n) is 2.80. The van der Waals surface area contributed by atoms with Gasteiger partial charge in [-0.25, -0.2) is 4.39 Å². The van der Waals surface area contributed by atoms with Gasteiger partial charge >= 0.3 is 0 Å². The summed E-state index contributed by atoms with van der Waals surface area (Å²) in [6.07, 6.45) is 0. The highest BCUT2D eigenvalue weighted by Gasteiger charge is 2.05. The van der Waals surface area contributed by atoms with Crippen LogP contribution in [0.15, 0.2) is 36.4 Å². The van der Waals surface area contributed by atoms with Crippen molar-refractivity contribution in [1.29, 1.82) is 0 Å². The highest BCUT2D eigenvalue weighted by Crippen LogP contribution is 2.22. The third-order valence-corrected chi connectivity index (χ3v) is 3.24. The highest BCUT2D eigenvalue weighted by molar-refractivity contribution is 6.30. The van der Waals surface area contributed by atoms with Crippen LogP contribution in [0.1, 0.15) is 16.7 Å². The Balaban J connectivity index is 2.17. The first-order valence-electron chi connectivity index (χ1n) is 6.32. The van der Waals surface area contributed by atoms with E-state index in [4.69, 9.17) is 27.9 Å². The summed E-state index contributed by atoms with van der Waals surface area (Å²) in [5.74, 6) is 6.22. The van der Waals surface area contributed by atoms with Crippen molar-refractivity contribution in [2.45, 2.75) is 13.5 Å². The first-order valence-corrected chi connectivity index (χ1v) is 7.23. The Hall–Kier alpha value is -1.69. The second-order valence-electron chi connectivity index (χ2n) is 4.47. The molecule has 2 rings (SSSR count). The minimum Gasteiger partial charge on any atom is -0.488 e. The van der Waals surface area contributed by atoms with Crippen molar-refractivity contribution in [1.82, 2.24) is 0 Å². The van der Waals surface area contributed by atoms with Gasteiger partial charge in [0.2, 0.25) is 0 Å². The fourth-order valence-electron chi connectivity index (χ4n) is 1.79. The molecule has 108 valence electrons. The van der Waals surface area contributed by atoms with Crippen LogP contribution >= 0.6 is 23.2 Å². The molecule has 0 aromatic heterocycles. The van der Waals surface area contributed by atoms with E-state index in [0.29, 0.717) is 11.3 Å². The molecule has 2 aromatic carbocycles. The van der Waals surface area contributed by atoms with Crippen molar-refractivity contribution in [2.75, 3.05) is 5.88 Å². The average Bonchev–Trinajstić information content (AvgIpc) is 2.47. The van der Waals surface area contributed by atoms with E-state index in [1.807, 2.05) is 25.1 Å². The number of hydrogen-bond acceptors (Lipinski definition) is 1. The van der Waals surface area contributed by atoms with Crippen LogP contribution in [-0.4, -0.2) is 5.88 Å². The van der Waals surface area contributed by atoms with Crippen LogP contribution in [0.25, 0.3) is 0 Å². The lowest BCUT2D eigenvalue weighted by atomic mass is 10.1. The molecule has 2 aromatic rings. The molecule has 0 unspecified atom stereocenters. The number of ether oxygens (including phenoxy) is 1. The van der Waals surface area contributed by atoms with Gasteiger partial charge in [0.05, 0.1) is 16.5 Å². The molecule has 0 N–H and O–H groups in total. The molecule has 0 heterocycles. The summed E-state index contributed by atoms with van der Waals surface area (Å²) >= 11 is 11.2. The Morgan fingerprint density at radius 3 is 2.71 bits per heavy atom. The Kier molecular flexibility index (Phi) is 5.50. The summed E-state index contributed by atoms with van der Waals surface area (Å²) < 4.78 is 19.1. The molecule has 4 heteroatoms. The summed E-state index contributed by atoms with van der Waals surface area (Å²) in [6.45, 7) is 2.22. The molecule has 0 atom stereocenters.